The highest BCUT2D eigenvalue weighted by atomic mass is 16.6. The molecule has 118 valence electrons. The Labute approximate surface area is 125 Å². The predicted octanol–water partition coefficient (Wildman–Crippen LogP) is 3.20. The summed E-state index contributed by atoms with van der Waals surface area (Å²) in [7, 11) is 0. The molecule has 0 amide bonds. The Morgan fingerprint density at radius 2 is 2.14 bits per heavy atom. The van der Waals surface area contributed by atoms with Gasteiger partial charge >= 0.3 is 5.69 Å². The monoisotopic (exact) mass is 296 g/mol. The van der Waals surface area contributed by atoms with Crippen LogP contribution in [-0.4, -0.2) is 29.3 Å². The third-order valence-electron chi connectivity index (χ3n) is 3.22. The average Bonchev–Trinajstić information content (AvgIpc) is 2.44. The lowest BCUT2D eigenvalue weighted by atomic mass is 10.0. The van der Waals surface area contributed by atoms with Crippen molar-refractivity contribution < 1.29 is 14.8 Å². The van der Waals surface area contributed by atoms with E-state index in [0.29, 0.717) is 18.9 Å². The van der Waals surface area contributed by atoms with Crippen LogP contribution >= 0.6 is 0 Å². The van der Waals surface area contributed by atoms with Gasteiger partial charge in [-0.05, 0) is 24.8 Å². The Balaban J connectivity index is 2.95. The van der Waals surface area contributed by atoms with Gasteiger partial charge in [-0.25, -0.2) is 0 Å². The lowest BCUT2D eigenvalue weighted by molar-refractivity contribution is -0.385. The van der Waals surface area contributed by atoms with Gasteiger partial charge in [-0.2, -0.15) is 0 Å². The maximum Gasteiger partial charge on any atom is 0.311 e. The number of aliphatic hydroxyl groups excluding tert-OH is 1. The summed E-state index contributed by atoms with van der Waals surface area (Å²) in [5, 5.41) is 23.4. The zero-order valence-corrected chi connectivity index (χ0v) is 12.8. The zero-order valence-electron chi connectivity index (χ0n) is 12.8. The van der Waals surface area contributed by atoms with Gasteiger partial charge in [0, 0.05) is 30.5 Å². The van der Waals surface area contributed by atoms with Gasteiger partial charge in [-0.1, -0.05) is 20.8 Å². The molecule has 1 rings (SSSR count). The van der Waals surface area contributed by atoms with Crippen LogP contribution in [0, 0.1) is 16.0 Å². The van der Waals surface area contributed by atoms with Crippen molar-refractivity contribution in [2.75, 3.05) is 18.5 Å². The number of nitro groups is 1. The highest BCUT2D eigenvalue weighted by Gasteiger charge is 2.18. The lowest BCUT2D eigenvalue weighted by Crippen LogP contribution is -2.26. The molecule has 21 heavy (non-hydrogen) atoms. The third kappa shape index (κ3) is 5.23. The van der Waals surface area contributed by atoms with Crippen LogP contribution < -0.4 is 10.1 Å². The van der Waals surface area contributed by atoms with E-state index in [4.69, 9.17) is 9.84 Å². The van der Waals surface area contributed by atoms with Crippen LogP contribution in [0.1, 0.15) is 33.6 Å². The minimum absolute atomic E-state index is 0.0303. The van der Waals surface area contributed by atoms with Crippen LogP contribution in [-0.2, 0) is 0 Å². The van der Waals surface area contributed by atoms with Crippen LogP contribution in [0.2, 0.25) is 0 Å². The van der Waals surface area contributed by atoms with Crippen LogP contribution in [0.25, 0.3) is 0 Å². The van der Waals surface area contributed by atoms with Crippen LogP contribution in [0.5, 0.6) is 5.75 Å². The molecule has 0 saturated carbocycles. The summed E-state index contributed by atoms with van der Waals surface area (Å²) < 4.78 is 5.46. The average molecular weight is 296 g/mol. The number of hydrogen-bond acceptors (Lipinski definition) is 5. The summed E-state index contributed by atoms with van der Waals surface area (Å²) in [5.74, 6) is 0.616. The second-order valence-electron chi connectivity index (χ2n) is 5.30. The molecule has 1 aromatic carbocycles. The smallest absolute Gasteiger partial charge is 0.311 e. The third-order valence-corrected chi connectivity index (χ3v) is 3.22. The SMILES string of the molecule is CCCOc1cc(NC(CCO)C(C)C)ccc1[N+](=O)[O-]. The molecule has 0 aliphatic carbocycles. The minimum atomic E-state index is -0.442. The van der Waals surface area contributed by atoms with Gasteiger partial charge in [0.15, 0.2) is 5.75 Å². The first-order valence-electron chi connectivity index (χ1n) is 7.28. The fourth-order valence-corrected chi connectivity index (χ4v) is 2.01. The molecule has 1 unspecified atom stereocenters. The van der Waals surface area contributed by atoms with Crippen molar-refractivity contribution >= 4 is 11.4 Å². The Morgan fingerprint density at radius 1 is 1.43 bits per heavy atom. The first-order valence-corrected chi connectivity index (χ1v) is 7.28. The summed E-state index contributed by atoms with van der Waals surface area (Å²) in [4.78, 5) is 10.6. The van der Waals surface area contributed by atoms with E-state index in [-0.39, 0.29) is 24.1 Å². The Bertz CT molecular complexity index is 463. The number of aliphatic hydroxyl groups is 1. The van der Waals surface area contributed by atoms with Crippen molar-refractivity contribution in [3.05, 3.63) is 28.3 Å². The number of anilines is 1. The number of nitrogens with zero attached hydrogens (tertiary/aromatic N) is 1. The number of nitrogens with one attached hydrogen (secondary N) is 1. The largest absolute Gasteiger partial charge is 0.487 e. The van der Waals surface area contributed by atoms with Crippen molar-refractivity contribution in [2.45, 2.75) is 39.7 Å². The number of hydrogen-bond donors (Lipinski definition) is 2. The van der Waals surface area contributed by atoms with Crippen molar-refractivity contribution in [1.29, 1.82) is 0 Å². The van der Waals surface area contributed by atoms with Crippen LogP contribution in [0.4, 0.5) is 11.4 Å². The second kappa shape index (κ2) is 8.46. The van der Waals surface area contributed by atoms with Gasteiger partial charge in [0.25, 0.3) is 0 Å². The van der Waals surface area contributed by atoms with E-state index in [1.807, 2.05) is 6.92 Å². The van der Waals surface area contributed by atoms with Gasteiger partial charge in [0.1, 0.15) is 0 Å². The molecule has 0 spiro atoms. The number of rotatable bonds is 9. The molecule has 1 atom stereocenters. The molecule has 0 heterocycles. The molecule has 0 aromatic heterocycles. The molecule has 2 N–H and O–H groups in total. The highest BCUT2D eigenvalue weighted by molar-refractivity contribution is 5.58. The van der Waals surface area contributed by atoms with Gasteiger partial charge in [0.05, 0.1) is 11.5 Å². The van der Waals surface area contributed by atoms with Crippen molar-refractivity contribution in [3.63, 3.8) is 0 Å². The fraction of sp³-hybridized carbons (Fsp3) is 0.600. The molecular formula is C15H24N2O4. The van der Waals surface area contributed by atoms with Crippen molar-refractivity contribution in [1.82, 2.24) is 0 Å². The van der Waals surface area contributed by atoms with Gasteiger partial charge in [0.2, 0.25) is 0 Å². The topological polar surface area (TPSA) is 84.6 Å². The number of ether oxygens (including phenoxy) is 1. The Kier molecular flexibility index (Phi) is 6.94. The highest BCUT2D eigenvalue weighted by Crippen LogP contribution is 2.31. The molecule has 0 bridgehead atoms. The summed E-state index contributed by atoms with van der Waals surface area (Å²) in [6.07, 6.45) is 1.41. The molecule has 6 heteroatoms. The summed E-state index contributed by atoms with van der Waals surface area (Å²) in [5.41, 5.74) is 0.733. The Hall–Kier alpha value is -1.82. The normalized spacial score (nSPS) is 12.2. The quantitative estimate of drug-likeness (QED) is 0.540. The van der Waals surface area contributed by atoms with E-state index in [0.717, 1.165) is 12.1 Å². The molecule has 0 fully saturated rings. The van der Waals surface area contributed by atoms with Gasteiger partial charge in [-0.15, -0.1) is 0 Å². The maximum atomic E-state index is 11.0. The predicted molar refractivity (Wildman–Crippen MR) is 82.8 cm³/mol. The number of benzene rings is 1. The first-order chi connectivity index (χ1) is 9.99. The van der Waals surface area contributed by atoms with E-state index in [2.05, 4.69) is 19.2 Å². The fourth-order valence-electron chi connectivity index (χ4n) is 2.01. The van der Waals surface area contributed by atoms with Gasteiger partial charge in [-0.3, -0.25) is 10.1 Å². The summed E-state index contributed by atoms with van der Waals surface area (Å²) >= 11 is 0. The molecule has 0 radical (unpaired) electrons. The molecule has 0 aliphatic rings. The van der Waals surface area contributed by atoms with E-state index in [1.54, 1.807) is 12.1 Å². The van der Waals surface area contributed by atoms with E-state index in [1.165, 1.54) is 6.07 Å². The Morgan fingerprint density at radius 3 is 2.67 bits per heavy atom. The molecule has 0 saturated heterocycles. The number of nitro benzene ring substituents is 1. The molecule has 6 nitrogen and oxygen atoms in total. The first kappa shape index (κ1) is 17.2. The van der Waals surface area contributed by atoms with Crippen LogP contribution in [0.3, 0.4) is 0 Å². The minimum Gasteiger partial charge on any atom is -0.487 e. The second-order valence-corrected chi connectivity index (χ2v) is 5.30. The van der Waals surface area contributed by atoms with Gasteiger partial charge < -0.3 is 15.2 Å². The molecule has 0 aliphatic heterocycles. The standard InChI is InChI=1S/C15H24N2O4/c1-4-9-21-15-10-12(5-6-14(15)17(19)20)16-13(7-8-18)11(2)3/h5-6,10-11,13,16,18H,4,7-9H2,1-3H3. The molecule has 1 aromatic rings. The van der Waals surface area contributed by atoms with E-state index < -0.39 is 4.92 Å². The summed E-state index contributed by atoms with van der Waals surface area (Å²) in [6, 6.07) is 4.88. The zero-order chi connectivity index (χ0) is 15.8. The van der Waals surface area contributed by atoms with Crippen molar-refractivity contribution in [2.24, 2.45) is 5.92 Å². The van der Waals surface area contributed by atoms with Crippen molar-refractivity contribution in [3.8, 4) is 5.75 Å². The summed E-state index contributed by atoms with van der Waals surface area (Å²) in [6.45, 7) is 6.61. The van der Waals surface area contributed by atoms with E-state index >= 15 is 0 Å². The van der Waals surface area contributed by atoms with Crippen LogP contribution in [0.15, 0.2) is 18.2 Å². The lowest BCUT2D eigenvalue weighted by Gasteiger charge is -2.23. The maximum absolute atomic E-state index is 11.0. The molecular weight excluding hydrogens is 272 g/mol. The van der Waals surface area contributed by atoms with E-state index in [9.17, 15) is 10.1 Å².